The highest BCUT2D eigenvalue weighted by Crippen LogP contribution is 2.35. The Bertz CT molecular complexity index is 1440. The minimum atomic E-state index is -4.04. The Hall–Kier alpha value is -3.95. The van der Waals surface area contributed by atoms with Gasteiger partial charge >= 0.3 is 0 Å². The molecule has 10 heteroatoms. The highest BCUT2D eigenvalue weighted by atomic mass is 35.5. The molecule has 0 saturated heterocycles. The molecule has 0 saturated carbocycles. The minimum Gasteiger partial charge on any atom is -0.493 e. The molecule has 1 unspecified atom stereocenters. The van der Waals surface area contributed by atoms with Crippen LogP contribution in [0.4, 0.5) is 5.69 Å². The number of anilines is 1. The molecule has 8 nitrogen and oxygen atoms in total. The molecule has 0 heterocycles. The number of nitrogens with one attached hydrogen (secondary N) is 2. The summed E-state index contributed by atoms with van der Waals surface area (Å²) in [6.45, 7) is 0. The highest BCUT2D eigenvalue weighted by molar-refractivity contribution is 7.92. The molecule has 1 aliphatic rings. The molecule has 0 spiro atoms. The molecule has 1 atom stereocenters. The van der Waals surface area contributed by atoms with E-state index in [1.807, 2.05) is 36.4 Å². The van der Waals surface area contributed by atoms with E-state index < -0.39 is 15.9 Å². The Labute approximate surface area is 220 Å². The number of halogens is 1. The molecule has 37 heavy (non-hydrogen) atoms. The molecule has 192 valence electrons. The van der Waals surface area contributed by atoms with Crippen LogP contribution >= 0.6 is 11.6 Å². The van der Waals surface area contributed by atoms with E-state index in [9.17, 15) is 13.2 Å². The van der Waals surface area contributed by atoms with Crippen LogP contribution in [-0.4, -0.2) is 34.6 Å². The van der Waals surface area contributed by atoms with Crippen molar-refractivity contribution in [1.82, 2.24) is 5.32 Å². The molecule has 0 fully saturated rings. The van der Waals surface area contributed by atoms with Crippen LogP contribution in [0.15, 0.2) is 95.6 Å². The molecule has 3 aromatic carbocycles. The van der Waals surface area contributed by atoms with E-state index >= 15 is 0 Å². The van der Waals surface area contributed by atoms with Crippen LogP contribution in [0, 0.1) is 0 Å². The van der Waals surface area contributed by atoms with Gasteiger partial charge in [0, 0.05) is 23.2 Å². The molecule has 3 aromatic rings. The van der Waals surface area contributed by atoms with Crippen LogP contribution in [-0.2, 0) is 10.0 Å². The molecule has 1 aliphatic carbocycles. The summed E-state index contributed by atoms with van der Waals surface area (Å²) in [4.78, 5) is 13.4. The van der Waals surface area contributed by atoms with Gasteiger partial charge in [0.05, 0.1) is 30.4 Å². The smallest absolute Gasteiger partial charge is 0.261 e. The summed E-state index contributed by atoms with van der Waals surface area (Å²) in [6, 6.07) is 17.9. The van der Waals surface area contributed by atoms with E-state index in [0.29, 0.717) is 22.9 Å². The average molecular weight is 541 g/mol. The Morgan fingerprint density at radius 1 is 0.973 bits per heavy atom. The number of methoxy groups -OCH3 is 2. The van der Waals surface area contributed by atoms with Gasteiger partial charge in [-0.1, -0.05) is 35.9 Å². The van der Waals surface area contributed by atoms with E-state index in [-0.39, 0.29) is 33.7 Å². The van der Waals surface area contributed by atoms with Crippen LogP contribution in [0.3, 0.4) is 0 Å². The summed E-state index contributed by atoms with van der Waals surface area (Å²) in [5.41, 5.74) is 0.676. The van der Waals surface area contributed by atoms with Crippen molar-refractivity contribution < 1.29 is 27.4 Å². The monoisotopic (exact) mass is 540 g/mol. The fraction of sp³-hybridized carbons (Fsp3) is 0.148. The number of carbonyl (C=O) groups is 1. The molecule has 0 aromatic heterocycles. The van der Waals surface area contributed by atoms with Gasteiger partial charge in [-0.25, -0.2) is 8.42 Å². The number of hydrogen-bond acceptors (Lipinski definition) is 6. The zero-order valence-corrected chi connectivity index (χ0v) is 21.7. The first-order chi connectivity index (χ1) is 17.8. The molecule has 0 bridgehead atoms. The Kier molecular flexibility index (Phi) is 8.05. The maximum Gasteiger partial charge on any atom is 0.261 e. The second kappa shape index (κ2) is 11.4. The Morgan fingerprint density at radius 2 is 1.65 bits per heavy atom. The van der Waals surface area contributed by atoms with Crippen molar-refractivity contribution in [2.45, 2.75) is 17.4 Å². The van der Waals surface area contributed by atoms with Crippen LogP contribution in [0.25, 0.3) is 0 Å². The maximum atomic E-state index is 13.4. The third-order valence-electron chi connectivity index (χ3n) is 5.49. The van der Waals surface area contributed by atoms with Gasteiger partial charge < -0.3 is 19.5 Å². The third kappa shape index (κ3) is 6.44. The van der Waals surface area contributed by atoms with Crippen LogP contribution in [0.5, 0.6) is 17.2 Å². The maximum absolute atomic E-state index is 13.4. The van der Waals surface area contributed by atoms with E-state index in [4.69, 9.17) is 25.8 Å². The van der Waals surface area contributed by atoms with Crippen LogP contribution in [0.2, 0.25) is 5.02 Å². The molecule has 0 aliphatic heterocycles. The zero-order chi connectivity index (χ0) is 26.4. The third-order valence-corrected chi connectivity index (χ3v) is 7.12. The van der Waals surface area contributed by atoms with E-state index in [1.165, 1.54) is 50.6 Å². The lowest BCUT2D eigenvalue weighted by atomic mass is 10.1. The molecular formula is C27H25ClN2O6S. The topological polar surface area (TPSA) is 103 Å². The number of carbonyl (C=O) groups excluding carboxylic acids is 1. The lowest BCUT2D eigenvalue weighted by molar-refractivity contribution is 0.0962. The van der Waals surface area contributed by atoms with Crippen molar-refractivity contribution in [2.75, 3.05) is 18.9 Å². The van der Waals surface area contributed by atoms with Gasteiger partial charge in [-0.05, 0) is 54.6 Å². The second-order valence-electron chi connectivity index (χ2n) is 8.02. The number of hydrogen-bond donors (Lipinski definition) is 2. The lowest BCUT2D eigenvalue weighted by Gasteiger charge is -2.21. The van der Waals surface area contributed by atoms with Gasteiger partial charge in [-0.3, -0.25) is 9.52 Å². The minimum absolute atomic E-state index is 0.0147. The van der Waals surface area contributed by atoms with Crippen LogP contribution < -0.4 is 24.2 Å². The second-order valence-corrected chi connectivity index (χ2v) is 10.1. The molecular weight excluding hydrogens is 516 g/mol. The van der Waals surface area contributed by atoms with Gasteiger partial charge in [-0.2, -0.15) is 0 Å². The van der Waals surface area contributed by atoms with Gasteiger partial charge in [0.15, 0.2) is 11.5 Å². The predicted molar refractivity (Wildman–Crippen MR) is 142 cm³/mol. The SMILES string of the molecule is COc1cc(NS(=O)(=O)c2ccc(Cl)cc2)c(C(=O)NC2=CC=CC(Oc3ccccc3)C2)cc1OC. The number of benzene rings is 3. The van der Waals surface area contributed by atoms with Crippen molar-refractivity contribution in [3.8, 4) is 17.2 Å². The van der Waals surface area contributed by atoms with Crippen molar-refractivity contribution in [3.05, 3.63) is 101 Å². The van der Waals surface area contributed by atoms with Gasteiger partial charge in [0.2, 0.25) is 0 Å². The summed E-state index contributed by atoms with van der Waals surface area (Å²) in [6.07, 6.45) is 5.59. The lowest BCUT2D eigenvalue weighted by Crippen LogP contribution is -2.29. The normalized spacial score (nSPS) is 14.9. The van der Waals surface area contributed by atoms with Gasteiger partial charge in [-0.15, -0.1) is 0 Å². The Morgan fingerprint density at radius 3 is 2.32 bits per heavy atom. The highest BCUT2D eigenvalue weighted by Gasteiger charge is 2.24. The zero-order valence-electron chi connectivity index (χ0n) is 20.1. The summed E-state index contributed by atoms with van der Waals surface area (Å²) in [7, 11) is -1.19. The van der Waals surface area contributed by atoms with E-state index in [2.05, 4.69) is 10.0 Å². The summed E-state index contributed by atoms with van der Waals surface area (Å²) in [5.74, 6) is 0.701. The fourth-order valence-electron chi connectivity index (χ4n) is 3.68. The van der Waals surface area contributed by atoms with Crippen molar-refractivity contribution >= 4 is 33.2 Å². The molecule has 4 rings (SSSR count). The Balaban J connectivity index is 1.59. The number of sulfonamides is 1. The summed E-state index contributed by atoms with van der Waals surface area (Å²) < 4.78 is 45.2. The van der Waals surface area contributed by atoms with Crippen molar-refractivity contribution in [3.63, 3.8) is 0 Å². The first-order valence-electron chi connectivity index (χ1n) is 11.2. The van der Waals surface area contributed by atoms with E-state index in [0.717, 1.165) is 0 Å². The number of ether oxygens (including phenoxy) is 3. The first-order valence-corrected chi connectivity index (χ1v) is 13.1. The number of para-hydroxylation sites is 1. The fourth-order valence-corrected chi connectivity index (χ4v) is 4.87. The average Bonchev–Trinajstić information content (AvgIpc) is 2.89. The van der Waals surface area contributed by atoms with Crippen molar-refractivity contribution in [1.29, 1.82) is 0 Å². The van der Waals surface area contributed by atoms with Gasteiger partial charge in [0.25, 0.3) is 15.9 Å². The van der Waals surface area contributed by atoms with Crippen LogP contribution in [0.1, 0.15) is 16.8 Å². The number of amides is 1. The standard InChI is InChI=1S/C27H25ClN2O6S/c1-34-25-16-23(24(17-26(25)35-2)30-37(32,33)22-13-11-18(28)12-14-22)27(31)29-19-7-6-10-21(15-19)36-20-8-4-3-5-9-20/h3-14,16-17,21,30H,15H2,1-2H3,(H,29,31). The number of rotatable bonds is 9. The van der Waals surface area contributed by atoms with E-state index in [1.54, 1.807) is 12.2 Å². The predicted octanol–water partition coefficient (Wildman–Crippen LogP) is 5.18. The van der Waals surface area contributed by atoms with Gasteiger partial charge in [0.1, 0.15) is 11.9 Å². The molecule has 1 amide bonds. The summed E-state index contributed by atoms with van der Waals surface area (Å²) in [5, 5.41) is 3.25. The molecule has 0 radical (unpaired) electrons. The summed E-state index contributed by atoms with van der Waals surface area (Å²) >= 11 is 5.89. The molecule has 2 N–H and O–H groups in total. The first kappa shape index (κ1) is 26.1. The van der Waals surface area contributed by atoms with Crippen molar-refractivity contribution in [2.24, 2.45) is 0 Å². The largest absolute Gasteiger partial charge is 0.493 e. The quantitative estimate of drug-likeness (QED) is 0.388. The number of allylic oxidation sites excluding steroid dienone is 2.